The number of methoxy groups -OCH3 is 1. The molecule has 4 nitrogen and oxygen atoms in total. The van der Waals surface area contributed by atoms with Crippen molar-refractivity contribution >= 4 is 18.8 Å². The first kappa shape index (κ1) is 14.1. The highest BCUT2D eigenvalue weighted by Gasteiger charge is 2.53. The van der Waals surface area contributed by atoms with E-state index < -0.39 is 7.12 Å². The average molecular weight is 261 g/mol. The van der Waals surface area contributed by atoms with Crippen LogP contribution >= 0.6 is 0 Å². The predicted octanol–water partition coefficient (Wildman–Crippen LogP) is 2.03. The molecule has 1 aromatic rings. The Morgan fingerprint density at radius 1 is 1.26 bits per heavy atom. The summed E-state index contributed by atoms with van der Waals surface area (Å²) in [6.45, 7) is 11.9. The van der Waals surface area contributed by atoms with Gasteiger partial charge in [-0.05, 0) is 33.8 Å². The number of ether oxygens (including phenoxy) is 1. The molecule has 1 fully saturated rings. The third-order valence-electron chi connectivity index (χ3n) is 3.88. The summed E-state index contributed by atoms with van der Waals surface area (Å²) in [4.78, 5) is 4.37. The molecule has 0 aliphatic carbocycles. The second kappa shape index (κ2) is 4.65. The van der Waals surface area contributed by atoms with Gasteiger partial charge in [-0.25, -0.2) is 0 Å². The first-order valence-corrected chi connectivity index (χ1v) is 6.33. The van der Waals surface area contributed by atoms with E-state index >= 15 is 0 Å². The Labute approximate surface area is 114 Å². The summed E-state index contributed by atoms with van der Waals surface area (Å²) in [5.41, 5.74) is 0.735. The molecule has 102 valence electrons. The number of hydrogen-bond donors (Lipinski definition) is 0. The molecule has 0 N–H and O–H groups in total. The molecule has 0 unspecified atom stereocenters. The topological polar surface area (TPSA) is 40.6 Å². The van der Waals surface area contributed by atoms with E-state index in [1.54, 1.807) is 25.4 Å². The first-order chi connectivity index (χ1) is 8.82. The van der Waals surface area contributed by atoms with Gasteiger partial charge in [0.05, 0.1) is 23.9 Å². The second-order valence-corrected chi connectivity index (χ2v) is 5.60. The van der Waals surface area contributed by atoms with Crippen LogP contribution < -0.4 is 10.3 Å². The maximum absolute atomic E-state index is 6.00. The fourth-order valence-electron chi connectivity index (χ4n) is 2.00. The Bertz CT molecular complexity index is 483. The molecule has 1 saturated heterocycles. The standard InChI is InChI=1S/C14H20BNO3/c1-7-10-11(17-6)8-9-16-12(10)15-18-13(2,3)14(4,5)19-15/h7-9H,1H2,2-6H3. The predicted molar refractivity (Wildman–Crippen MR) is 76.6 cm³/mol. The molecule has 0 saturated carbocycles. The molecular formula is C14H20BNO3. The normalized spacial score (nSPS) is 20.4. The van der Waals surface area contributed by atoms with Gasteiger partial charge in [0.15, 0.2) is 0 Å². The zero-order chi connectivity index (χ0) is 14.3. The number of hydrogen-bond acceptors (Lipinski definition) is 4. The van der Waals surface area contributed by atoms with E-state index in [1.807, 2.05) is 27.7 Å². The van der Waals surface area contributed by atoms with Gasteiger partial charge >= 0.3 is 7.12 Å². The van der Waals surface area contributed by atoms with Crippen molar-refractivity contribution in [2.75, 3.05) is 7.11 Å². The largest absolute Gasteiger partial charge is 0.515 e. The molecule has 5 heteroatoms. The van der Waals surface area contributed by atoms with Gasteiger partial charge in [-0.1, -0.05) is 12.7 Å². The van der Waals surface area contributed by atoms with E-state index in [2.05, 4.69) is 11.6 Å². The fraction of sp³-hybridized carbons (Fsp3) is 0.500. The SMILES string of the molecule is C=Cc1c(OC)ccnc1B1OC(C)(C)C(C)(C)O1. The van der Waals surface area contributed by atoms with Crippen LogP contribution in [0.2, 0.25) is 0 Å². The monoisotopic (exact) mass is 261 g/mol. The van der Waals surface area contributed by atoms with E-state index in [0.29, 0.717) is 5.59 Å². The van der Waals surface area contributed by atoms with E-state index in [1.165, 1.54) is 0 Å². The Morgan fingerprint density at radius 2 is 1.84 bits per heavy atom. The molecule has 1 aliphatic heterocycles. The maximum atomic E-state index is 6.00. The molecule has 19 heavy (non-hydrogen) atoms. The molecule has 0 radical (unpaired) electrons. The van der Waals surface area contributed by atoms with E-state index in [4.69, 9.17) is 14.0 Å². The lowest BCUT2D eigenvalue weighted by molar-refractivity contribution is 0.00578. The molecule has 0 atom stereocenters. The highest BCUT2D eigenvalue weighted by atomic mass is 16.7. The smallest absolute Gasteiger partial charge is 0.496 e. The van der Waals surface area contributed by atoms with Crippen molar-refractivity contribution in [1.29, 1.82) is 0 Å². The molecular weight excluding hydrogens is 241 g/mol. The van der Waals surface area contributed by atoms with Gasteiger partial charge in [-0.2, -0.15) is 0 Å². The lowest BCUT2D eigenvalue weighted by Gasteiger charge is -2.32. The first-order valence-electron chi connectivity index (χ1n) is 6.33. The summed E-state index contributed by atoms with van der Waals surface area (Å²) >= 11 is 0. The van der Waals surface area contributed by atoms with Crippen molar-refractivity contribution in [3.63, 3.8) is 0 Å². The highest BCUT2D eigenvalue weighted by molar-refractivity contribution is 6.62. The molecule has 0 amide bonds. The Hall–Kier alpha value is -1.33. The summed E-state index contributed by atoms with van der Waals surface area (Å²) in [7, 11) is 1.11. The summed E-state index contributed by atoms with van der Waals surface area (Å²) in [5.74, 6) is 0.717. The molecule has 1 aliphatic rings. The van der Waals surface area contributed by atoms with Gasteiger partial charge in [0, 0.05) is 11.8 Å². The number of aromatic nitrogens is 1. The van der Waals surface area contributed by atoms with Crippen molar-refractivity contribution in [3.8, 4) is 5.75 Å². The van der Waals surface area contributed by atoms with Crippen LogP contribution in [-0.4, -0.2) is 30.4 Å². The van der Waals surface area contributed by atoms with Crippen molar-refractivity contribution < 1.29 is 14.0 Å². The number of nitrogens with zero attached hydrogens (tertiary/aromatic N) is 1. The minimum atomic E-state index is -0.506. The zero-order valence-corrected chi connectivity index (χ0v) is 12.2. The lowest BCUT2D eigenvalue weighted by Crippen LogP contribution is -2.41. The average Bonchev–Trinajstić information content (AvgIpc) is 2.57. The Kier molecular flexibility index (Phi) is 3.45. The van der Waals surface area contributed by atoms with E-state index in [0.717, 1.165) is 11.3 Å². The zero-order valence-electron chi connectivity index (χ0n) is 12.2. The van der Waals surface area contributed by atoms with Crippen molar-refractivity contribution in [2.24, 2.45) is 0 Å². The lowest BCUT2D eigenvalue weighted by atomic mass is 9.80. The highest BCUT2D eigenvalue weighted by Crippen LogP contribution is 2.36. The third kappa shape index (κ3) is 2.28. The van der Waals surface area contributed by atoms with Crippen LogP contribution in [0.3, 0.4) is 0 Å². The van der Waals surface area contributed by atoms with Gasteiger partial charge in [-0.3, -0.25) is 4.98 Å². The second-order valence-electron chi connectivity index (χ2n) is 5.60. The quantitative estimate of drug-likeness (QED) is 0.780. The fourth-order valence-corrected chi connectivity index (χ4v) is 2.00. The van der Waals surface area contributed by atoms with Gasteiger partial charge in [0.1, 0.15) is 5.75 Å². The number of pyridine rings is 1. The van der Waals surface area contributed by atoms with Crippen LogP contribution in [0.1, 0.15) is 33.3 Å². The van der Waals surface area contributed by atoms with Gasteiger partial charge in [0.25, 0.3) is 0 Å². The molecule has 2 heterocycles. The van der Waals surface area contributed by atoms with E-state index in [-0.39, 0.29) is 11.2 Å². The van der Waals surface area contributed by atoms with Gasteiger partial charge < -0.3 is 14.0 Å². The minimum absolute atomic E-state index is 0.388. The Morgan fingerprint density at radius 3 is 2.32 bits per heavy atom. The Balaban J connectivity index is 2.42. The van der Waals surface area contributed by atoms with Gasteiger partial charge in [-0.15, -0.1) is 0 Å². The van der Waals surface area contributed by atoms with E-state index in [9.17, 15) is 0 Å². The minimum Gasteiger partial charge on any atom is -0.496 e. The third-order valence-corrected chi connectivity index (χ3v) is 3.88. The van der Waals surface area contributed by atoms with Crippen LogP contribution in [0.4, 0.5) is 0 Å². The van der Waals surface area contributed by atoms with Crippen molar-refractivity contribution in [1.82, 2.24) is 4.98 Å². The molecule has 1 aromatic heterocycles. The molecule has 0 spiro atoms. The summed E-state index contributed by atoms with van der Waals surface area (Å²) in [6.07, 6.45) is 3.40. The summed E-state index contributed by atoms with van der Waals surface area (Å²) in [5, 5.41) is 0. The van der Waals surface area contributed by atoms with Crippen LogP contribution in [0.5, 0.6) is 5.75 Å². The van der Waals surface area contributed by atoms with Crippen LogP contribution in [-0.2, 0) is 9.31 Å². The van der Waals surface area contributed by atoms with Crippen LogP contribution in [0.25, 0.3) is 6.08 Å². The van der Waals surface area contributed by atoms with Crippen molar-refractivity contribution in [3.05, 3.63) is 24.4 Å². The number of rotatable bonds is 3. The summed E-state index contributed by atoms with van der Waals surface area (Å²) < 4.78 is 17.3. The molecule has 0 bridgehead atoms. The molecule has 2 rings (SSSR count). The van der Waals surface area contributed by atoms with Crippen LogP contribution in [0.15, 0.2) is 18.8 Å². The van der Waals surface area contributed by atoms with Crippen LogP contribution in [0, 0.1) is 0 Å². The summed E-state index contributed by atoms with van der Waals surface area (Å²) in [6, 6.07) is 1.80. The maximum Gasteiger partial charge on any atom is 0.515 e. The molecule has 0 aromatic carbocycles. The van der Waals surface area contributed by atoms with Gasteiger partial charge in [0.2, 0.25) is 0 Å². The van der Waals surface area contributed by atoms with Crippen molar-refractivity contribution in [2.45, 2.75) is 38.9 Å².